The predicted molar refractivity (Wildman–Crippen MR) is 122 cm³/mol. The highest BCUT2D eigenvalue weighted by molar-refractivity contribution is 6.00. The number of carbonyl (C=O) groups excluding carboxylic acids is 2. The molecule has 0 bridgehead atoms. The molecule has 0 N–H and O–H groups in total. The predicted octanol–water partition coefficient (Wildman–Crippen LogP) is 3.32. The molecule has 3 aromatic rings. The van der Waals surface area contributed by atoms with Gasteiger partial charge in [-0.1, -0.05) is 12.1 Å². The molecule has 0 amide bonds. The molecule has 0 radical (unpaired) electrons. The number of hydrogen-bond donors (Lipinski definition) is 0. The van der Waals surface area contributed by atoms with E-state index in [9.17, 15) is 18.8 Å². The molecule has 178 valence electrons. The summed E-state index contributed by atoms with van der Waals surface area (Å²) < 4.78 is 28.2. The number of benzene rings is 1. The number of aryl methyl sites for hydroxylation is 2. The van der Waals surface area contributed by atoms with Crippen LogP contribution in [0.1, 0.15) is 50.8 Å². The number of ketones is 1. The fraction of sp³-hybridized carbons (Fsp3) is 0.360. The Morgan fingerprint density at radius 2 is 1.94 bits per heavy atom. The van der Waals surface area contributed by atoms with Crippen LogP contribution < -0.4 is 5.43 Å². The first-order valence-electron chi connectivity index (χ1n) is 11.1. The minimum atomic E-state index is -1.04. The van der Waals surface area contributed by atoms with Gasteiger partial charge in [-0.2, -0.15) is 5.10 Å². The van der Waals surface area contributed by atoms with E-state index in [0.29, 0.717) is 17.8 Å². The number of aromatic nitrogens is 3. The number of Topliss-reactive ketones (excluding diaryl/α,β-unsaturated/α-hetero) is 1. The second-order valence-corrected chi connectivity index (χ2v) is 8.39. The summed E-state index contributed by atoms with van der Waals surface area (Å²) in [5.74, 6) is -1.99. The van der Waals surface area contributed by atoms with E-state index in [1.807, 2.05) is 18.4 Å². The molecule has 1 aliphatic rings. The third-order valence-electron chi connectivity index (χ3n) is 6.00. The highest BCUT2D eigenvalue weighted by Crippen LogP contribution is 2.21. The van der Waals surface area contributed by atoms with E-state index in [1.54, 1.807) is 19.1 Å². The van der Waals surface area contributed by atoms with Crippen molar-refractivity contribution >= 4 is 11.8 Å². The number of esters is 1. The van der Waals surface area contributed by atoms with Crippen LogP contribution in [-0.2, 0) is 16.0 Å². The van der Waals surface area contributed by atoms with Crippen molar-refractivity contribution in [1.29, 1.82) is 0 Å². The van der Waals surface area contributed by atoms with Crippen molar-refractivity contribution in [3.8, 4) is 5.69 Å². The molecule has 1 aliphatic heterocycles. The first-order valence-corrected chi connectivity index (χ1v) is 11.1. The molecule has 2 aromatic heterocycles. The highest BCUT2D eigenvalue weighted by Gasteiger charge is 2.23. The lowest BCUT2D eigenvalue weighted by molar-refractivity contribution is 0.0465. The first-order chi connectivity index (χ1) is 16.3. The molecule has 8 nitrogen and oxygen atoms in total. The van der Waals surface area contributed by atoms with Gasteiger partial charge in [0.25, 0.3) is 0 Å². The van der Waals surface area contributed by atoms with E-state index in [2.05, 4.69) is 5.10 Å². The van der Waals surface area contributed by atoms with E-state index in [1.165, 1.54) is 24.3 Å². The second-order valence-electron chi connectivity index (χ2n) is 8.39. The molecule has 0 spiro atoms. The molecule has 1 aromatic carbocycles. The zero-order chi connectivity index (χ0) is 24.4. The fourth-order valence-corrected chi connectivity index (χ4v) is 4.19. The van der Waals surface area contributed by atoms with Crippen molar-refractivity contribution in [2.45, 2.75) is 46.3 Å². The quantitative estimate of drug-likeness (QED) is 0.391. The van der Waals surface area contributed by atoms with Gasteiger partial charge in [-0.3, -0.25) is 9.59 Å². The zero-order valence-electron chi connectivity index (χ0n) is 19.3. The summed E-state index contributed by atoms with van der Waals surface area (Å²) >= 11 is 0. The number of hydrogen-bond acceptors (Lipinski definition) is 6. The van der Waals surface area contributed by atoms with Crippen LogP contribution in [0, 0.1) is 26.6 Å². The number of nitrogens with zero attached hydrogens (tertiary/aromatic N) is 3. The number of carbonyl (C=O) groups is 2. The van der Waals surface area contributed by atoms with Gasteiger partial charge < -0.3 is 14.0 Å². The van der Waals surface area contributed by atoms with Gasteiger partial charge >= 0.3 is 5.97 Å². The molecule has 1 atom stereocenters. The van der Waals surface area contributed by atoms with Crippen molar-refractivity contribution in [2.24, 2.45) is 0 Å². The Labute approximate surface area is 195 Å². The Kier molecular flexibility index (Phi) is 6.74. The van der Waals surface area contributed by atoms with Gasteiger partial charge in [-0.25, -0.2) is 13.9 Å². The van der Waals surface area contributed by atoms with Crippen LogP contribution in [0.25, 0.3) is 5.69 Å². The third kappa shape index (κ3) is 4.70. The molecule has 3 heterocycles. The average Bonchev–Trinajstić information content (AvgIpc) is 3.42. The van der Waals surface area contributed by atoms with Crippen molar-refractivity contribution in [3.63, 3.8) is 0 Å². The van der Waals surface area contributed by atoms with Gasteiger partial charge in [0, 0.05) is 41.9 Å². The Balaban J connectivity index is 1.50. The van der Waals surface area contributed by atoms with Gasteiger partial charge in [-0.05, 0) is 51.8 Å². The van der Waals surface area contributed by atoms with Crippen molar-refractivity contribution in [2.75, 3.05) is 13.2 Å². The van der Waals surface area contributed by atoms with Crippen molar-refractivity contribution in [1.82, 2.24) is 14.3 Å². The second kappa shape index (κ2) is 9.72. The van der Waals surface area contributed by atoms with Gasteiger partial charge in [0.05, 0.1) is 6.10 Å². The molecule has 4 rings (SSSR count). The topological polar surface area (TPSA) is 92.4 Å². The first kappa shape index (κ1) is 23.6. The van der Waals surface area contributed by atoms with E-state index in [0.717, 1.165) is 35.5 Å². The normalized spacial score (nSPS) is 15.5. The van der Waals surface area contributed by atoms with Crippen LogP contribution in [0.15, 0.2) is 41.2 Å². The molecule has 34 heavy (non-hydrogen) atoms. The lowest BCUT2D eigenvalue weighted by Crippen LogP contribution is -2.26. The fourth-order valence-electron chi connectivity index (χ4n) is 4.19. The Bertz CT molecular complexity index is 1300. The van der Waals surface area contributed by atoms with Crippen LogP contribution in [0.3, 0.4) is 0 Å². The summed E-state index contributed by atoms with van der Waals surface area (Å²) in [6.45, 7) is 6.19. The molecule has 0 saturated carbocycles. The minimum Gasteiger partial charge on any atom is -0.452 e. The van der Waals surface area contributed by atoms with Crippen LogP contribution in [0.5, 0.6) is 0 Å². The summed E-state index contributed by atoms with van der Waals surface area (Å²) in [6, 6.07) is 8.80. The summed E-state index contributed by atoms with van der Waals surface area (Å²) in [4.78, 5) is 37.8. The van der Waals surface area contributed by atoms with Crippen molar-refractivity contribution in [3.05, 3.63) is 80.8 Å². The van der Waals surface area contributed by atoms with Gasteiger partial charge in [0.1, 0.15) is 11.5 Å². The number of rotatable bonds is 7. The van der Waals surface area contributed by atoms with Crippen molar-refractivity contribution < 1.29 is 23.5 Å². The molecule has 9 heteroatoms. The smallest absolute Gasteiger partial charge is 0.363 e. The molecule has 0 aliphatic carbocycles. The maximum Gasteiger partial charge on any atom is 0.363 e. The van der Waals surface area contributed by atoms with Crippen LogP contribution in [-0.4, -0.2) is 45.4 Å². The van der Waals surface area contributed by atoms with Gasteiger partial charge in [-0.15, -0.1) is 0 Å². The number of para-hydroxylation sites is 1. The average molecular weight is 467 g/mol. The Morgan fingerprint density at radius 1 is 1.18 bits per heavy atom. The lowest BCUT2D eigenvalue weighted by atomic mass is 10.1. The molecule has 1 fully saturated rings. The Morgan fingerprint density at radius 3 is 2.65 bits per heavy atom. The summed E-state index contributed by atoms with van der Waals surface area (Å²) in [5, 5.41) is 4.01. The number of ether oxygens (including phenoxy) is 2. The molecular weight excluding hydrogens is 441 g/mol. The summed E-state index contributed by atoms with van der Waals surface area (Å²) in [5.41, 5.74) is 1.37. The summed E-state index contributed by atoms with van der Waals surface area (Å²) in [6.07, 6.45) is 2.12. The third-order valence-corrected chi connectivity index (χ3v) is 6.00. The molecule has 1 saturated heterocycles. The number of halogens is 1. The van der Waals surface area contributed by atoms with E-state index < -0.39 is 29.5 Å². The van der Waals surface area contributed by atoms with E-state index >= 15 is 0 Å². The lowest BCUT2D eigenvalue weighted by Gasteiger charge is -2.14. The van der Waals surface area contributed by atoms with Crippen LogP contribution in [0.2, 0.25) is 0 Å². The minimum absolute atomic E-state index is 0.0869. The maximum atomic E-state index is 14.2. The zero-order valence-corrected chi connectivity index (χ0v) is 19.3. The van der Waals surface area contributed by atoms with Gasteiger partial charge in [0.2, 0.25) is 16.9 Å². The highest BCUT2D eigenvalue weighted by atomic mass is 19.1. The molecule has 1 unspecified atom stereocenters. The van der Waals surface area contributed by atoms with E-state index in [-0.39, 0.29) is 17.6 Å². The van der Waals surface area contributed by atoms with Gasteiger partial charge in [0.15, 0.2) is 6.61 Å². The van der Waals surface area contributed by atoms with E-state index in [4.69, 9.17) is 9.47 Å². The standard InChI is InChI=1S/C25H26FN3O5/c1-15-11-19(17(3)28(15)13-18-7-6-10-33-18)23(31)14-34-25(32)24-22(30)12-16(2)29(27-24)21-9-5-4-8-20(21)26/h4-5,8-9,11-12,18H,6-7,10,13-14H2,1-3H3. The maximum absolute atomic E-state index is 14.2. The Hall–Kier alpha value is -3.59. The largest absolute Gasteiger partial charge is 0.452 e. The monoisotopic (exact) mass is 467 g/mol. The summed E-state index contributed by atoms with van der Waals surface area (Å²) in [7, 11) is 0. The van der Waals surface area contributed by atoms with Crippen LogP contribution in [0.4, 0.5) is 4.39 Å². The SMILES string of the molecule is Cc1cc(=O)c(C(=O)OCC(=O)c2cc(C)n(CC3CCCO3)c2C)nn1-c1ccccc1F. The molecular formula is C25H26FN3O5. The van der Waals surface area contributed by atoms with Crippen LogP contribution >= 0.6 is 0 Å².